The molecule has 0 unspecified atom stereocenters. The summed E-state index contributed by atoms with van der Waals surface area (Å²) in [5.41, 5.74) is 2.93. The average molecular weight is 490 g/mol. The van der Waals surface area contributed by atoms with Crippen LogP contribution in [0.4, 0.5) is 5.69 Å². The Balaban J connectivity index is 1.47. The average Bonchev–Trinajstić information content (AvgIpc) is 3.27. The number of H-pyrrole nitrogens is 1. The number of hydrogen-bond acceptors (Lipinski definition) is 5. The number of nitrogens with zero attached hydrogens (tertiary/aromatic N) is 2. The van der Waals surface area contributed by atoms with E-state index in [2.05, 4.69) is 20.8 Å². The van der Waals surface area contributed by atoms with Crippen LogP contribution in [-0.4, -0.2) is 55.5 Å². The van der Waals surface area contributed by atoms with Crippen LogP contribution in [0.1, 0.15) is 36.8 Å². The summed E-state index contributed by atoms with van der Waals surface area (Å²) in [6.07, 6.45) is 4.33. The van der Waals surface area contributed by atoms with E-state index < -0.39 is 15.9 Å². The van der Waals surface area contributed by atoms with E-state index in [1.807, 2.05) is 25.1 Å². The van der Waals surface area contributed by atoms with Crippen LogP contribution in [0.2, 0.25) is 5.02 Å². The zero-order valence-electron chi connectivity index (χ0n) is 18.7. The highest BCUT2D eigenvalue weighted by molar-refractivity contribution is 7.89. The molecule has 1 amide bonds. The number of piperidine rings is 1. The van der Waals surface area contributed by atoms with Crippen LogP contribution in [-0.2, 0) is 21.2 Å². The van der Waals surface area contributed by atoms with Gasteiger partial charge in [0.1, 0.15) is 4.90 Å². The molecule has 176 valence electrons. The van der Waals surface area contributed by atoms with Crippen LogP contribution in [0.3, 0.4) is 0 Å². The Morgan fingerprint density at radius 3 is 2.70 bits per heavy atom. The Bertz CT molecular complexity index is 1270. The zero-order chi connectivity index (χ0) is 23.6. The quantitative estimate of drug-likeness (QED) is 0.471. The molecule has 2 heterocycles. The molecule has 0 spiro atoms. The Hall–Kier alpha value is -2.46. The van der Waals surface area contributed by atoms with Crippen LogP contribution in [0.25, 0.3) is 10.9 Å². The summed E-state index contributed by atoms with van der Waals surface area (Å²) in [7, 11) is -2.52. The van der Waals surface area contributed by atoms with Gasteiger partial charge in [-0.25, -0.2) is 8.42 Å². The predicted octanol–water partition coefficient (Wildman–Crippen LogP) is 3.50. The van der Waals surface area contributed by atoms with E-state index in [1.165, 1.54) is 7.05 Å². The van der Waals surface area contributed by atoms with Crippen molar-refractivity contribution in [2.75, 3.05) is 32.0 Å². The van der Waals surface area contributed by atoms with E-state index in [0.717, 1.165) is 41.4 Å². The first-order valence-electron chi connectivity index (χ1n) is 11.0. The number of carbonyl (C=O) groups is 1. The van der Waals surface area contributed by atoms with E-state index in [-0.39, 0.29) is 11.4 Å². The van der Waals surface area contributed by atoms with Crippen molar-refractivity contribution in [2.45, 2.75) is 37.0 Å². The molecule has 33 heavy (non-hydrogen) atoms. The second kappa shape index (κ2) is 9.80. The summed E-state index contributed by atoms with van der Waals surface area (Å²) < 4.78 is 27.5. The number of carbonyl (C=O) groups excluding carboxylic acids is 1. The van der Waals surface area contributed by atoms with Crippen molar-refractivity contribution < 1.29 is 13.2 Å². The SMILES string of the molecule is CCc1cc(S(=O)(=O)N(C)CC(=O)Nc2ccc(C3CCNCC3)c(Cl)c2)c2[nH]ncc2c1. The molecule has 1 fully saturated rings. The van der Waals surface area contributed by atoms with Gasteiger partial charge in [-0.05, 0) is 73.7 Å². The van der Waals surface area contributed by atoms with Gasteiger partial charge >= 0.3 is 0 Å². The molecule has 0 aliphatic carbocycles. The van der Waals surface area contributed by atoms with Gasteiger partial charge in [-0.3, -0.25) is 9.89 Å². The van der Waals surface area contributed by atoms with Gasteiger partial charge in [0, 0.05) is 23.1 Å². The Kier molecular flexibility index (Phi) is 7.04. The van der Waals surface area contributed by atoms with Crippen LogP contribution < -0.4 is 10.6 Å². The minimum absolute atomic E-state index is 0.110. The smallest absolute Gasteiger partial charge is 0.245 e. The van der Waals surface area contributed by atoms with E-state index >= 15 is 0 Å². The number of anilines is 1. The highest BCUT2D eigenvalue weighted by Crippen LogP contribution is 2.33. The minimum atomic E-state index is -3.92. The number of sulfonamides is 1. The maximum Gasteiger partial charge on any atom is 0.245 e. The minimum Gasteiger partial charge on any atom is -0.325 e. The van der Waals surface area contributed by atoms with Gasteiger partial charge < -0.3 is 10.6 Å². The number of amides is 1. The van der Waals surface area contributed by atoms with Gasteiger partial charge in [-0.15, -0.1) is 0 Å². The normalized spacial score (nSPS) is 15.3. The molecule has 1 aliphatic rings. The third-order valence-electron chi connectivity index (χ3n) is 6.10. The first-order chi connectivity index (χ1) is 15.8. The number of aromatic amines is 1. The third-order valence-corrected chi connectivity index (χ3v) is 8.25. The van der Waals surface area contributed by atoms with Gasteiger partial charge in [0.15, 0.2) is 0 Å². The number of aryl methyl sites for hydroxylation is 1. The van der Waals surface area contributed by atoms with Crippen molar-refractivity contribution in [1.82, 2.24) is 19.8 Å². The molecule has 0 radical (unpaired) electrons. The summed E-state index contributed by atoms with van der Waals surface area (Å²) in [5, 5.41) is 14.2. The van der Waals surface area contributed by atoms with Crippen LogP contribution in [0, 0.1) is 0 Å². The standard InChI is InChI=1S/C23H28ClN5O3S/c1-3-15-10-17-13-26-28-23(17)21(11-15)33(31,32)29(2)14-22(30)27-18-4-5-19(20(24)12-18)16-6-8-25-9-7-16/h4-5,10-13,16,25H,3,6-9,14H2,1-2H3,(H,26,28)(H,27,30). The largest absolute Gasteiger partial charge is 0.325 e. The van der Waals surface area contributed by atoms with Crippen LogP contribution in [0.5, 0.6) is 0 Å². The van der Waals surface area contributed by atoms with Gasteiger partial charge in [0.25, 0.3) is 0 Å². The molecule has 1 saturated heterocycles. The molecule has 4 rings (SSSR count). The topological polar surface area (TPSA) is 107 Å². The maximum absolute atomic E-state index is 13.2. The number of hydrogen-bond donors (Lipinski definition) is 3. The second-order valence-corrected chi connectivity index (χ2v) is 10.8. The predicted molar refractivity (Wildman–Crippen MR) is 130 cm³/mol. The monoisotopic (exact) mass is 489 g/mol. The summed E-state index contributed by atoms with van der Waals surface area (Å²) in [6.45, 7) is 3.55. The van der Waals surface area contributed by atoms with Crippen LogP contribution >= 0.6 is 11.6 Å². The first-order valence-corrected chi connectivity index (χ1v) is 12.8. The molecular formula is C23H28ClN5O3S. The van der Waals surface area contributed by atoms with Crippen molar-refractivity contribution in [3.05, 3.63) is 52.7 Å². The van der Waals surface area contributed by atoms with Gasteiger partial charge in [0.2, 0.25) is 15.9 Å². The molecule has 1 aliphatic heterocycles. The van der Waals surface area contributed by atoms with Gasteiger partial charge in [-0.1, -0.05) is 24.6 Å². The lowest BCUT2D eigenvalue weighted by atomic mass is 9.90. The Labute approximate surface area is 198 Å². The third kappa shape index (κ3) is 5.06. The molecule has 0 bridgehead atoms. The number of benzene rings is 2. The molecule has 2 aromatic carbocycles. The number of likely N-dealkylation sites (N-methyl/N-ethyl adjacent to an activating group) is 1. The summed E-state index contributed by atoms with van der Waals surface area (Å²) in [4.78, 5) is 12.8. The van der Waals surface area contributed by atoms with E-state index in [1.54, 1.807) is 18.3 Å². The van der Waals surface area contributed by atoms with Crippen molar-refractivity contribution >= 4 is 44.1 Å². The molecule has 10 heteroatoms. The second-order valence-electron chi connectivity index (χ2n) is 8.35. The van der Waals surface area contributed by atoms with Gasteiger partial charge in [0.05, 0.1) is 18.3 Å². The maximum atomic E-state index is 13.2. The van der Waals surface area contributed by atoms with Crippen molar-refractivity contribution in [1.29, 1.82) is 0 Å². The van der Waals surface area contributed by atoms with Gasteiger partial charge in [-0.2, -0.15) is 9.40 Å². The fourth-order valence-corrected chi connectivity index (χ4v) is 5.90. The van der Waals surface area contributed by atoms with Crippen LogP contribution in [0.15, 0.2) is 41.4 Å². The highest BCUT2D eigenvalue weighted by Gasteiger charge is 2.27. The van der Waals surface area contributed by atoms with Crippen molar-refractivity contribution in [3.8, 4) is 0 Å². The lowest BCUT2D eigenvalue weighted by Gasteiger charge is -2.24. The number of fused-ring (bicyclic) bond motifs is 1. The molecule has 8 nitrogen and oxygen atoms in total. The fourth-order valence-electron chi connectivity index (χ4n) is 4.22. The number of aromatic nitrogens is 2. The molecule has 3 N–H and O–H groups in total. The van der Waals surface area contributed by atoms with Crippen molar-refractivity contribution in [3.63, 3.8) is 0 Å². The number of rotatable bonds is 7. The summed E-state index contributed by atoms with van der Waals surface area (Å²) >= 11 is 6.49. The van der Waals surface area contributed by atoms with E-state index in [9.17, 15) is 13.2 Å². The molecule has 3 aromatic rings. The molecule has 0 atom stereocenters. The summed E-state index contributed by atoms with van der Waals surface area (Å²) in [5.74, 6) is -0.0442. The lowest BCUT2D eigenvalue weighted by molar-refractivity contribution is -0.116. The highest BCUT2D eigenvalue weighted by atomic mass is 35.5. The number of halogens is 1. The molecular weight excluding hydrogens is 462 g/mol. The molecule has 1 aromatic heterocycles. The van der Waals surface area contributed by atoms with Crippen molar-refractivity contribution in [2.24, 2.45) is 0 Å². The summed E-state index contributed by atoms with van der Waals surface area (Å²) in [6, 6.07) is 9.02. The molecule has 0 saturated carbocycles. The Morgan fingerprint density at radius 2 is 2.00 bits per heavy atom. The Morgan fingerprint density at radius 1 is 1.24 bits per heavy atom. The van der Waals surface area contributed by atoms with E-state index in [4.69, 9.17) is 11.6 Å². The zero-order valence-corrected chi connectivity index (χ0v) is 20.3. The van der Waals surface area contributed by atoms with E-state index in [0.29, 0.717) is 34.0 Å². The first kappa shape index (κ1) is 23.7. The lowest BCUT2D eigenvalue weighted by Crippen LogP contribution is -2.35. The fraction of sp³-hybridized carbons (Fsp3) is 0.391. The number of nitrogens with one attached hydrogen (secondary N) is 3.